The van der Waals surface area contributed by atoms with Crippen LogP contribution >= 0.6 is 0 Å². The largest absolute Gasteiger partial charge is 0.0845 e. The van der Waals surface area contributed by atoms with Crippen LogP contribution in [0.15, 0.2) is 23.8 Å². The summed E-state index contributed by atoms with van der Waals surface area (Å²) in [6, 6.07) is 0. The molecule has 0 aliphatic heterocycles. The van der Waals surface area contributed by atoms with E-state index >= 15 is 0 Å². The van der Waals surface area contributed by atoms with E-state index in [1.165, 1.54) is 24.8 Å². The Morgan fingerprint density at radius 2 is 2.00 bits per heavy atom. The lowest BCUT2D eigenvalue weighted by Gasteiger charge is -2.07. The van der Waals surface area contributed by atoms with Gasteiger partial charge in [0.15, 0.2) is 0 Å². The van der Waals surface area contributed by atoms with E-state index in [1.54, 1.807) is 0 Å². The van der Waals surface area contributed by atoms with Crippen LogP contribution in [0.3, 0.4) is 0 Å². The van der Waals surface area contributed by atoms with E-state index in [-0.39, 0.29) is 0 Å². The maximum absolute atomic E-state index is 2.33. The van der Waals surface area contributed by atoms with Gasteiger partial charge >= 0.3 is 0 Å². The molecule has 0 spiro atoms. The summed E-state index contributed by atoms with van der Waals surface area (Å²) >= 11 is 0. The van der Waals surface area contributed by atoms with Crippen molar-refractivity contribution in [2.24, 2.45) is 5.92 Å². The fourth-order valence-corrected chi connectivity index (χ4v) is 1.21. The Labute approximate surface area is 83.7 Å². The highest BCUT2D eigenvalue weighted by Gasteiger charge is 1.99. The van der Waals surface area contributed by atoms with Crippen LogP contribution in [0.4, 0.5) is 0 Å². The zero-order valence-electron chi connectivity index (χ0n) is 9.64. The smallest absolute Gasteiger partial charge is 0.0280 e. The lowest BCUT2D eigenvalue weighted by molar-refractivity contribution is 0.517. The van der Waals surface area contributed by atoms with Gasteiger partial charge in [-0.25, -0.2) is 0 Å². The average molecular weight is 180 g/mol. The van der Waals surface area contributed by atoms with Crippen molar-refractivity contribution in [1.82, 2.24) is 0 Å². The standard InChI is InChI=1S/C13H24/c1-5-8-9-13(7-3)11-10-12(4)6-2/h7-9,12H,5-6,10-11H2,1-4H3/b9-8-,13-7+. The second kappa shape index (κ2) is 8.10. The Morgan fingerprint density at radius 1 is 1.31 bits per heavy atom. The first kappa shape index (κ1) is 12.5. The van der Waals surface area contributed by atoms with E-state index < -0.39 is 0 Å². The number of allylic oxidation sites excluding steroid dienone is 4. The monoisotopic (exact) mass is 180 g/mol. The molecular formula is C13H24. The van der Waals surface area contributed by atoms with Crippen molar-refractivity contribution in [2.45, 2.75) is 53.4 Å². The Bertz CT molecular complexity index is 163. The Balaban J connectivity index is 3.80. The van der Waals surface area contributed by atoms with Crippen LogP contribution in [0.2, 0.25) is 0 Å². The van der Waals surface area contributed by atoms with Crippen molar-refractivity contribution in [1.29, 1.82) is 0 Å². The number of hydrogen-bond donors (Lipinski definition) is 0. The molecule has 0 rings (SSSR count). The first-order chi connectivity index (χ1) is 6.24. The summed E-state index contributed by atoms with van der Waals surface area (Å²) in [6.07, 6.45) is 11.7. The fraction of sp³-hybridized carbons (Fsp3) is 0.692. The van der Waals surface area contributed by atoms with E-state index in [2.05, 4.69) is 45.9 Å². The molecule has 0 bridgehead atoms. The summed E-state index contributed by atoms with van der Waals surface area (Å²) in [6.45, 7) is 8.91. The van der Waals surface area contributed by atoms with Gasteiger partial charge in [-0.1, -0.05) is 51.0 Å². The predicted molar refractivity (Wildman–Crippen MR) is 61.9 cm³/mol. The minimum atomic E-state index is 0.866. The maximum Gasteiger partial charge on any atom is -0.0280 e. The molecule has 0 aliphatic rings. The summed E-state index contributed by atoms with van der Waals surface area (Å²) < 4.78 is 0. The molecule has 0 heterocycles. The van der Waals surface area contributed by atoms with Crippen LogP contribution in [0.1, 0.15) is 53.4 Å². The van der Waals surface area contributed by atoms with Crippen molar-refractivity contribution >= 4 is 0 Å². The van der Waals surface area contributed by atoms with Gasteiger partial charge < -0.3 is 0 Å². The molecule has 76 valence electrons. The quantitative estimate of drug-likeness (QED) is 0.519. The van der Waals surface area contributed by atoms with Gasteiger partial charge in [0.05, 0.1) is 0 Å². The van der Waals surface area contributed by atoms with Gasteiger partial charge in [-0.3, -0.25) is 0 Å². The van der Waals surface area contributed by atoms with Gasteiger partial charge in [-0.15, -0.1) is 0 Å². The molecule has 1 atom stereocenters. The fourth-order valence-electron chi connectivity index (χ4n) is 1.21. The van der Waals surface area contributed by atoms with E-state index in [1.807, 2.05) is 0 Å². The topological polar surface area (TPSA) is 0 Å². The highest BCUT2D eigenvalue weighted by Crippen LogP contribution is 2.15. The van der Waals surface area contributed by atoms with Gasteiger partial charge in [-0.05, 0) is 32.1 Å². The highest BCUT2D eigenvalue weighted by molar-refractivity contribution is 5.17. The van der Waals surface area contributed by atoms with Crippen LogP contribution < -0.4 is 0 Å². The van der Waals surface area contributed by atoms with Crippen molar-refractivity contribution in [3.05, 3.63) is 23.8 Å². The maximum atomic E-state index is 2.33. The zero-order valence-corrected chi connectivity index (χ0v) is 9.64. The van der Waals surface area contributed by atoms with Crippen molar-refractivity contribution < 1.29 is 0 Å². The molecule has 0 aromatic heterocycles. The molecular weight excluding hydrogens is 156 g/mol. The van der Waals surface area contributed by atoms with Crippen LogP contribution in [0.5, 0.6) is 0 Å². The third-order valence-electron chi connectivity index (χ3n) is 2.56. The molecule has 0 aliphatic carbocycles. The van der Waals surface area contributed by atoms with Crippen molar-refractivity contribution in [3.8, 4) is 0 Å². The van der Waals surface area contributed by atoms with Gasteiger partial charge in [0.25, 0.3) is 0 Å². The molecule has 0 nitrogen and oxygen atoms in total. The summed E-state index contributed by atoms with van der Waals surface area (Å²) in [4.78, 5) is 0. The first-order valence-corrected chi connectivity index (χ1v) is 5.56. The summed E-state index contributed by atoms with van der Waals surface area (Å²) in [5.74, 6) is 0.866. The second-order valence-corrected chi connectivity index (χ2v) is 3.73. The summed E-state index contributed by atoms with van der Waals surface area (Å²) in [5, 5.41) is 0. The van der Waals surface area contributed by atoms with Crippen molar-refractivity contribution in [3.63, 3.8) is 0 Å². The second-order valence-electron chi connectivity index (χ2n) is 3.73. The molecule has 0 N–H and O–H groups in total. The first-order valence-electron chi connectivity index (χ1n) is 5.56. The van der Waals surface area contributed by atoms with Crippen LogP contribution in [0.25, 0.3) is 0 Å². The lowest BCUT2D eigenvalue weighted by Crippen LogP contribution is -1.92. The van der Waals surface area contributed by atoms with Crippen molar-refractivity contribution in [2.75, 3.05) is 0 Å². The third-order valence-corrected chi connectivity index (χ3v) is 2.56. The van der Waals surface area contributed by atoms with Gasteiger partial charge in [0.1, 0.15) is 0 Å². The third kappa shape index (κ3) is 6.62. The molecule has 0 aromatic carbocycles. The van der Waals surface area contributed by atoms with Crippen LogP contribution in [-0.2, 0) is 0 Å². The predicted octanol–water partition coefficient (Wildman–Crippen LogP) is 4.73. The van der Waals surface area contributed by atoms with E-state index in [0.29, 0.717) is 0 Å². The van der Waals surface area contributed by atoms with Crippen LogP contribution in [-0.4, -0.2) is 0 Å². The number of rotatable bonds is 6. The molecule has 0 radical (unpaired) electrons. The van der Waals surface area contributed by atoms with E-state index in [9.17, 15) is 0 Å². The molecule has 13 heavy (non-hydrogen) atoms. The Morgan fingerprint density at radius 3 is 2.46 bits per heavy atom. The molecule has 0 saturated carbocycles. The molecule has 0 saturated heterocycles. The van der Waals surface area contributed by atoms with Gasteiger partial charge in [0.2, 0.25) is 0 Å². The minimum absolute atomic E-state index is 0.866. The Hall–Kier alpha value is -0.520. The minimum Gasteiger partial charge on any atom is -0.0845 e. The molecule has 0 heteroatoms. The van der Waals surface area contributed by atoms with Crippen LogP contribution in [0, 0.1) is 5.92 Å². The lowest BCUT2D eigenvalue weighted by atomic mass is 9.98. The molecule has 0 amide bonds. The molecule has 1 unspecified atom stereocenters. The molecule has 0 aromatic rings. The summed E-state index contributed by atoms with van der Waals surface area (Å²) in [5.41, 5.74) is 1.49. The summed E-state index contributed by atoms with van der Waals surface area (Å²) in [7, 11) is 0. The average Bonchev–Trinajstić information content (AvgIpc) is 2.17. The SMILES string of the molecule is C/C=C(\C=C/CC)CCC(C)CC. The van der Waals surface area contributed by atoms with E-state index in [0.717, 1.165) is 12.3 Å². The normalized spacial score (nSPS) is 15.2. The Kier molecular flexibility index (Phi) is 7.77. The zero-order chi connectivity index (χ0) is 10.1. The van der Waals surface area contributed by atoms with E-state index in [4.69, 9.17) is 0 Å². The highest BCUT2D eigenvalue weighted by atomic mass is 14.0. The van der Waals surface area contributed by atoms with Gasteiger partial charge in [0, 0.05) is 0 Å². The number of hydrogen-bond acceptors (Lipinski definition) is 0. The molecule has 0 fully saturated rings. The van der Waals surface area contributed by atoms with Gasteiger partial charge in [-0.2, -0.15) is 0 Å².